The van der Waals surface area contributed by atoms with E-state index in [1.54, 1.807) is 19.1 Å². The number of ether oxygens (including phenoxy) is 1. The molecule has 94 valence electrons. The number of halogens is 2. The van der Waals surface area contributed by atoms with Crippen molar-refractivity contribution in [3.8, 4) is 0 Å². The van der Waals surface area contributed by atoms with Crippen LogP contribution in [0.5, 0.6) is 0 Å². The van der Waals surface area contributed by atoms with Crippen molar-refractivity contribution in [2.45, 2.75) is 38.7 Å². The summed E-state index contributed by atoms with van der Waals surface area (Å²) < 4.78 is 30.4. The minimum Gasteiger partial charge on any atom is -0.461 e. The summed E-state index contributed by atoms with van der Waals surface area (Å²) in [6.45, 7) is 3.69. The number of allylic oxidation sites excluding steroid dienone is 3. The topological polar surface area (TPSA) is 26.3 Å². The summed E-state index contributed by atoms with van der Waals surface area (Å²) in [7, 11) is 0. The van der Waals surface area contributed by atoms with Crippen molar-refractivity contribution >= 4 is 5.97 Å². The lowest BCUT2D eigenvalue weighted by molar-refractivity contribution is -0.190. The second-order valence-corrected chi connectivity index (χ2v) is 5.11. The average molecular weight is 242 g/mol. The van der Waals surface area contributed by atoms with Crippen molar-refractivity contribution < 1.29 is 18.3 Å². The minimum atomic E-state index is -2.65. The molecule has 2 aliphatic rings. The summed E-state index contributed by atoms with van der Waals surface area (Å²) in [6, 6.07) is 0. The van der Waals surface area contributed by atoms with Gasteiger partial charge in [-0.2, -0.15) is 0 Å². The number of hydrogen-bond donors (Lipinski definition) is 0. The monoisotopic (exact) mass is 242 g/mol. The van der Waals surface area contributed by atoms with E-state index in [-0.39, 0.29) is 18.8 Å². The molecule has 0 aromatic heterocycles. The van der Waals surface area contributed by atoms with Gasteiger partial charge in [-0.1, -0.05) is 31.2 Å². The van der Waals surface area contributed by atoms with Gasteiger partial charge in [0.1, 0.15) is 6.10 Å². The maximum Gasteiger partial charge on any atom is 0.316 e. The van der Waals surface area contributed by atoms with E-state index in [4.69, 9.17) is 4.74 Å². The molecule has 2 atom stereocenters. The molecule has 0 aliphatic heterocycles. The number of hydrogen-bond acceptors (Lipinski definition) is 2. The van der Waals surface area contributed by atoms with E-state index in [0.29, 0.717) is 0 Å². The van der Waals surface area contributed by atoms with E-state index in [9.17, 15) is 13.6 Å². The van der Waals surface area contributed by atoms with E-state index in [0.717, 1.165) is 0 Å². The molecule has 0 heterocycles. The fourth-order valence-corrected chi connectivity index (χ4v) is 2.06. The van der Waals surface area contributed by atoms with Crippen LogP contribution in [-0.2, 0) is 9.53 Å². The number of carbonyl (C=O) groups excluding carboxylic acids is 1. The molecule has 0 saturated heterocycles. The molecule has 0 bridgehead atoms. The molecule has 0 amide bonds. The van der Waals surface area contributed by atoms with Crippen molar-refractivity contribution in [3.05, 3.63) is 24.3 Å². The van der Waals surface area contributed by atoms with Crippen LogP contribution in [0, 0.1) is 11.3 Å². The molecule has 2 aliphatic carbocycles. The Kier molecular flexibility index (Phi) is 2.84. The highest BCUT2D eigenvalue weighted by molar-refractivity contribution is 5.80. The summed E-state index contributed by atoms with van der Waals surface area (Å²) in [5.74, 6) is -3.05. The molecule has 2 unspecified atom stereocenters. The van der Waals surface area contributed by atoms with Gasteiger partial charge in [0.25, 0.3) is 5.92 Å². The van der Waals surface area contributed by atoms with E-state index in [1.165, 1.54) is 0 Å². The lowest BCUT2D eigenvalue weighted by atomic mass is 9.75. The smallest absolute Gasteiger partial charge is 0.316 e. The molecule has 1 fully saturated rings. The van der Waals surface area contributed by atoms with Gasteiger partial charge in [-0.25, -0.2) is 8.78 Å². The molecule has 2 rings (SSSR count). The van der Waals surface area contributed by atoms with E-state index in [1.807, 2.05) is 19.1 Å². The Bertz CT molecular complexity index is 379. The Balaban J connectivity index is 1.96. The van der Waals surface area contributed by atoms with E-state index >= 15 is 0 Å². The third kappa shape index (κ3) is 2.26. The largest absolute Gasteiger partial charge is 0.461 e. The predicted octanol–water partition coefficient (Wildman–Crippen LogP) is 3.10. The van der Waals surface area contributed by atoms with Crippen LogP contribution in [-0.4, -0.2) is 18.0 Å². The molecule has 0 N–H and O–H groups in total. The summed E-state index contributed by atoms with van der Waals surface area (Å²) in [6.07, 6.45) is 6.04. The fourth-order valence-electron chi connectivity index (χ4n) is 2.06. The van der Waals surface area contributed by atoms with E-state index < -0.39 is 23.4 Å². The van der Waals surface area contributed by atoms with Crippen LogP contribution >= 0.6 is 0 Å². The Labute approximate surface area is 99.3 Å². The lowest BCUT2D eigenvalue weighted by Crippen LogP contribution is -2.45. The third-order valence-electron chi connectivity index (χ3n) is 3.67. The quantitative estimate of drug-likeness (QED) is 0.695. The number of carbonyl (C=O) groups is 1. The van der Waals surface area contributed by atoms with Crippen molar-refractivity contribution in [3.63, 3.8) is 0 Å². The average Bonchev–Trinajstić information content (AvgIpc) is 2.19. The second-order valence-electron chi connectivity index (χ2n) is 5.11. The van der Waals surface area contributed by atoms with Gasteiger partial charge in [-0.15, -0.1) is 0 Å². The Morgan fingerprint density at radius 3 is 2.53 bits per heavy atom. The first kappa shape index (κ1) is 12.3. The van der Waals surface area contributed by atoms with Gasteiger partial charge in [0.15, 0.2) is 0 Å². The van der Waals surface area contributed by atoms with Gasteiger partial charge in [-0.05, 0) is 12.8 Å². The molecule has 0 aromatic carbocycles. The Hall–Kier alpha value is -1.19. The van der Waals surface area contributed by atoms with E-state index in [2.05, 4.69) is 0 Å². The normalized spacial score (nSPS) is 35.4. The first-order chi connectivity index (χ1) is 7.83. The molecule has 0 spiro atoms. The molecule has 2 nitrogen and oxygen atoms in total. The zero-order valence-electron chi connectivity index (χ0n) is 9.95. The maximum absolute atomic E-state index is 12.6. The highest BCUT2D eigenvalue weighted by atomic mass is 19.3. The lowest BCUT2D eigenvalue weighted by Gasteiger charge is -2.38. The molecule has 0 aromatic rings. The molecule has 17 heavy (non-hydrogen) atoms. The van der Waals surface area contributed by atoms with Crippen LogP contribution in [0.3, 0.4) is 0 Å². The summed E-state index contributed by atoms with van der Waals surface area (Å²) in [5.41, 5.74) is -0.736. The Morgan fingerprint density at radius 2 is 2.00 bits per heavy atom. The van der Waals surface area contributed by atoms with Crippen LogP contribution in [0.15, 0.2) is 24.3 Å². The standard InChI is InChI=1S/C13H16F2O2/c1-9-5-3-4-6-12(9,2)11(16)17-10-7-13(14,15)8-10/h3-6,9-10H,7-8H2,1-2H3. The van der Waals surface area contributed by atoms with Crippen molar-refractivity contribution in [1.29, 1.82) is 0 Å². The highest BCUT2D eigenvalue weighted by Crippen LogP contribution is 2.42. The van der Waals surface area contributed by atoms with Gasteiger partial charge < -0.3 is 4.74 Å². The summed E-state index contributed by atoms with van der Waals surface area (Å²) in [4.78, 5) is 12.0. The van der Waals surface area contributed by atoms with Crippen LogP contribution in [0.2, 0.25) is 0 Å². The van der Waals surface area contributed by atoms with Crippen LogP contribution < -0.4 is 0 Å². The maximum atomic E-state index is 12.6. The SMILES string of the molecule is CC1C=CC=CC1(C)C(=O)OC1CC(F)(F)C1. The summed E-state index contributed by atoms with van der Waals surface area (Å²) in [5, 5.41) is 0. The highest BCUT2D eigenvalue weighted by Gasteiger charge is 2.49. The van der Waals surface area contributed by atoms with Gasteiger partial charge in [0.05, 0.1) is 5.41 Å². The zero-order valence-corrected chi connectivity index (χ0v) is 9.95. The van der Waals surface area contributed by atoms with Crippen molar-refractivity contribution in [2.75, 3.05) is 0 Å². The second kappa shape index (κ2) is 3.93. The number of alkyl halides is 2. The van der Waals surface area contributed by atoms with Crippen LogP contribution in [0.1, 0.15) is 26.7 Å². The van der Waals surface area contributed by atoms with Gasteiger partial charge >= 0.3 is 5.97 Å². The molecule has 4 heteroatoms. The Morgan fingerprint density at radius 1 is 1.35 bits per heavy atom. The number of esters is 1. The van der Waals surface area contributed by atoms with Crippen molar-refractivity contribution in [1.82, 2.24) is 0 Å². The number of rotatable bonds is 2. The molecule has 0 radical (unpaired) electrons. The first-order valence-electron chi connectivity index (χ1n) is 5.78. The predicted molar refractivity (Wildman–Crippen MR) is 59.6 cm³/mol. The summed E-state index contributed by atoms with van der Waals surface area (Å²) >= 11 is 0. The van der Waals surface area contributed by atoms with Crippen molar-refractivity contribution in [2.24, 2.45) is 11.3 Å². The molecular formula is C13H16F2O2. The van der Waals surface area contributed by atoms with Gasteiger partial charge in [0, 0.05) is 12.8 Å². The molecule has 1 saturated carbocycles. The molecular weight excluding hydrogens is 226 g/mol. The van der Waals surface area contributed by atoms with Gasteiger partial charge in [0.2, 0.25) is 0 Å². The van der Waals surface area contributed by atoms with Crippen LogP contribution in [0.25, 0.3) is 0 Å². The van der Waals surface area contributed by atoms with Crippen LogP contribution in [0.4, 0.5) is 8.78 Å². The minimum absolute atomic E-state index is 0.0144. The zero-order chi connectivity index (χ0) is 12.7. The first-order valence-corrected chi connectivity index (χ1v) is 5.78. The van der Waals surface area contributed by atoms with Gasteiger partial charge in [-0.3, -0.25) is 4.79 Å². The third-order valence-corrected chi connectivity index (χ3v) is 3.67. The fraction of sp³-hybridized carbons (Fsp3) is 0.615.